The van der Waals surface area contributed by atoms with Gasteiger partial charge < -0.3 is 5.32 Å². The Balaban J connectivity index is 1.34. The van der Waals surface area contributed by atoms with E-state index in [9.17, 15) is 4.79 Å². The Labute approximate surface area is 143 Å². The fourth-order valence-corrected chi connectivity index (χ4v) is 3.83. The fourth-order valence-electron chi connectivity index (χ4n) is 3.83. The first-order valence-electron chi connectivity index (χ1n) is 8.94. The first-order chi connectivity index (χ1) is 11.8. The second-order valence-corrected chi connectivity index (χ2v) is 6.98. The minimum absolute atomic E-state index is 0.0298. The number of carbonyl (C=O) groups is 1. The summed E-state index contributed by atoms with van der Waals surface area (Å²) in [6, 6.07) is 21.3. The predicted octanol–water partition coefficient (Wildman–Crippen LogP) is 3.32. The number of hydrogen-bond acceptors (Lipinski definition) is 2. The van der Waals surface area contributed by atoms with Crippen LogP contribution >= 0.6 is 0 Å². The summed E-state index contributed by atoms with van der Waals surface area (Å²) in [7, 11) is 0. The van der Waals surface area contributed by atoms with Gasteiger partial charge in [0.15, 0.2) is 0 Å². The normalized spacial score (nSPS) is 26.2. The SMILES string of the molecule is O=C(N[C@@H]1C[C@H]1c1ccccc1)[C@@H]1CCCN1Cc1ccccc1. The van der Waals surface area contributed by atoms with E-state index < -0.39 is 0 Å². The molecule has 2 fully saturated rings. The number of likely N-dealkylation sites (tertiary alicyclic amines) is 1. The van der Waals surface area contributed by atoms with Gasteiger partial charge in [-0.05, 0) is 36.9 Å². The van der Waals surface area contributed by atoms with Crippen molar-refractivity contribution in [3.63, 3.8) is 0 Å². The lowest BCUT2D eigenvalue weighted by Gasteiger charge is -2.23. The van der Waals surface area contributed by atoms with Crippen LogP contribution in [-0.2, 0) is 11.3 Å². The second-order valence-electron chi connectivity index (χ2n) is 6.98. The van der Waals surface area contributed by atoms with Crippen LogP contribution in [0.25, 0.3) is 0 Å². The van der Waals surface area contributed by atoms with Crippen molar-refractivity contribution < 1.29 is 4.79 Å². The maximum Gasteiger partial charge on any atom is 0.237 e. The maximum absolute atomic E-state index is 12.7. The molecule has 1 amide bonds. The fraction of sp³-hybridized carbons (Fsp3) is 0.381. The number of rotatable bonds is 5. The van der Waals surface area contributed by atoms with Crippen molar-refractivity contribution in [3.8, 4) is 0 Å². The number of hydrogen-bond donors (Lipinski definition) is 1. The number of carbonyl (C=O) groups excluding carboxylic acids is 1. The van der Waals surface area contributed by atoms with E-state index in [1.54, 1.807) is 0 Å². The van der Waals surface area contributed by atoms with Crippen LogP contribution in [0.4, 0.5) is 0 Å². The molecule has 24 heavy (non-hydrogen) atoms. The molecule has 1 aliphatic heterocycles. The van der Waals surface area contributed by atoms with Gasteiger partial charge in [-0.15, -0.1) is 0 Å². The van der Waals surface area contributed by atoms with Gasteiger partial charge in [-0.2, -0.15) is 0 Å². The summed E-state index contributed by atoms with van der Waals surface area (Å²) in [6.45, 7) is 1.88. The molecule has 3 heteroatoms. The third-order valence-electron chi connectivity index (χ3n) is 5.24. The Morgan fingerprint density at radius 1 is 1.04 bits per heavy atom. The van der Waals surface area contributed by atoms with Crippen LogP contribution in [0, 0.1) is 0 Å². The number of benzene rings is 2. The van der Waals surface area contributed by atoms with Gasteiger partial charge in [0, 0.05) is 18.5 Å². The monoisotopic (exact) mass is 320 g/mol. The van der Waals surface area contributed by atoms with Crippen LogP contribution in [0.1, 0.15) is 36.3 Å². The zero-order chi connectivity index (χ0) is 16.4. The molecule has 1 aliphatic carbocycles. The Kier molecular flexibility index (Phi) is 4.35. The van der Waals surface area contributed by atoms with Crippen molar-refractivity contribution in [2.75, 3.05) is 6.54 Å². The van der Waals surface area contributed by atoms with E-state index in [1.807, 2.05) is 12.1 Å². The average molecular weight is 320 g/mol. The van der Waals surface area contributed by atoms with Crippen LogP contribution in [0.15, 0.2) is 60.7 Å². The van der Waals surface area contributed by atoms with E-state index >= 15 is 0 Å². The lowest BCUT2D eigenvalue weighted by atomic mass is 10.1. The van der Waals surface area contributed by atoms with Crippen LogP contribution in [-0.4, -0.2) is 29.4 Å². The molecule has 0 radical (unpaired) electrons. The topological polar surface area (TPSA) is 32.3 Å². The first-order valence-corrected chi connectivity index (χ1v) is 8.94. The molecule has 0 bridgehead atoms. The summed E-state index contributed by atoms with van der Waals surface area (Å²) in [5.41, 5.74) is 2.63. The number of nitrogens with one attached hydrogen (secondary N) is 1. The smallest absolute Gasteiger partial charge is 0.237 e. The van der Waals surface area contributed by atoms with E-state index in [0.717, 1.165) is 32.4 Å². The summed E-state index contributed by atoms with van der Waals surface area (Å²) in [5.74, 6) is 0.714. The summed E-state index contributed by atoms with van der Waals surface area (Å²) in [5, 5.41) is 3.28. The summed E-state index contributed by atoms with van der Waals surface area (Å²) in [4.78, 5) is 15.0. The molecule has 0 unspecified atom stereocenters. The van der Waals surface area contributed by atoms with Gasteiger partial charge >= 0.3 is 0 Å². The van der Waals surface area contributed by atoms with E-state index in [2.05, 4.69) is 58.7 Å². The van der Waals surface area contributed by atoms with E-state index in [-0.39, 0.29) is 11.9 Å². The van der Waals surface area contributed by atoms with Gasteiger partial charge in [-0.1, -0.05) is 60.7 Å². The molecule has 1 heterocycles. The minimum Gasteiger partial charge on any atom is -0.351 e. The van der Waals surface area contributed by atoms with E-state index in [0.29, 0.717) is 12.0 Å². The molecular formula is C21H24N2O. The van der Waals surface area contributed by atoms with Crippen molar-refractivity contribution in [2.24, 2.45) is 0 Å². The van der Waals surface area contributed by atoms with Crippen molar-refractivity contribution in [1.82, 2.24) is 10.2 Å². The van der Waals surface area contributed by atoms with Gasteiger partial charge in [0.1, 0.15) is 0 Å². The van der Waals surface area contributed by atoms with Crippen molar-refractivity contribution in [2.45, 2.75) is 43.8 Å². The van der Waals surface area contributed by atoms with Gasteiger partial charge in [0.25, 0.3) is 0 Å². The summed E-state index contributed by atoms with van der Waals surface area (Å²) in [6.07, 6.45) is 3.15. The summed E-state index contributed by atoms with van der Waals surface area (Å²) >= 11 is 0. The highest BCUT2D eigenvalue weighted by Gasteiger charge is 2.41. The number of amides is 1. The molecular weight excluding hydrogens is 296 g/mol. The summed E-state index contributed by atoms with van der Waals surface area (Å²) < 4.78 is 0. The molecule has 2 aromatic carbocycles. The van der Waals surface area contributed by atoms with E-state index in [1.165, 1.54) is 11.1 Å². The Morgan fingerprint density at radius 2 is 1.75 bits per heavy atom. The van der Waals surface area contributed by atoms with Crippen LogP contribution in [0.2, 0.25) is 0 Å². The van der Waals surface area contributed by atoms with Crippen molar-refractivity contribution in [3.05, 3.63) is 71.8 Å². The Bertz CT molecular complexity index is 685. The van der Waals surface area contributed by atoms with Gasteiger partial charge in [0.2, 0.25) is 5.91 Å². The molecule has 3 atom stereocenters. The van der Waals surface area contributed by atoms with Gasteiger partial charge in [0.05, 0.1) is 6.04 Å². The largest absolute Gasteiger partial charge is 0.351 e. The Hall–Kier alpha value is -2.13. The molecule has 124 valence electrons. The van der Waals surface area contributed by atoms with Crippen LogP contribution in [0.3, 0.4) is 0 Å². The second kappa shape index (κ2) is 6.78. The van der Waals surface area contributed by atoms with Crippen LogP contribution in [0.5, 0.6) is 0 Å². The maximum atomic E-state index is 12.7. The highest BCUT2D eigenvalue weighted by molar-refractivity contribution is 5.82. The highest BCUT2D eigenvalue weighted by atomic mass is 16.2. The number of nitrogens with zero attached hydrogens (tertiary/aromatic N) is 1. The quantitative estimate of drug-likeness (QED) is 0.916. The first kappa shape index (κ1) is 15.4. The van der Waals surface area contributed by atoms with Crippen molar-refractivity contribution in [1.29, 1.82) is 0 Å². The Morgan fingerprint density at radius 3 is 2.50 bits per heavy atom. The zero-order valence-corrected chi connectivity index (χ0v) is 13.9. The lowest BCUT2D eigenvalue weighted by Crippen LogP contribution is -2.43. The van der Waals surface area contributed by atoms with Crippen molar-refractivity contribution >= 4 is 5.91 Å². The standard InChI is InChI=1S/C21H24N2O/c24-21(22-19-14-18(19)17-10-5-2-6-11-17)20-12-7-13-23(20)15-16-8-3-1-4-9-16/h1-6,8-11,18-20H,7,12-15H2,(H,22,24)/t18-,19+,20-/m0/s1. The average Bonchev–Trinajstić information content (AvgIpc) is 3.23. The molecule has 1 saturated carbocycles. The molecule has 0 aromatic heterocycles. The third-order valence-corrected chi connectivity index (χ3v) is 5.24. The molecule has 0 spiro atoms. The highest BCUT2D eigenvalue weighted by Crippen LogP contribution is 2.40. The van der Waals surface area contributed by atoms with E-state index in [4.69, 9.17) is 0 Å². The molecule has 4 rings (SSSR count). The third kappa shape index (κ3) is 3.36. The molecule has 1 saturated heterocycles. The lowest BCUT2D eigenvalue weighted by molar-refractivity contribution is -0.125. The molecule has 2 aliphatic rings. The molecule has 3 nitrogen and oxygen atoms in total. The predicted molar refractivity (Wildman–Crippen MR) is 95.6 cm³/mol. The van der Waals surface area contributed by atoms with Crippen LogP contribution < -0.4 is 5.32 Å². The molecule has 1 N–H and O–H groups in total. The zero-order valence-electron chi connectivity index (χ0n) is 13.9. The van der Waals surface area contributed by atoms with Gasteiger partial charge in [-0.25, -0.2) is 0 Å². The minimum atomic E-state index is 0.0298. The van der Waals surface area contributed by atoms with Gasteiger partial charge in [-0.3, -0.25) is 9.69 Å². The molecule has 2 aromatic rings.